The van der Waals surface area contributed by atoms with Crippen LogP contribution in [0.15, 0.2) is 48.2 Å². The standard InChI is InChI=1S/C17H15N3O2S/c1-11-5-7-12(8-6-11)20-16(22)14(15(21)18-17(20)23)10-13-4-3-9-19(13)2/h3-10H,1-2H3,(H,18,21,23)/b14-10+. The van der Waals surface area contributed by atoms with Crippen molar-refractivity contribution in [1.82, 2.24) is 9.88 Å². The van der Waals surface area contributed by atoms with E-state index in [1.54, 1.807) is 18.2 Å². The minimum Gasteiger partial charge on any atom is -0.351 e. The number of aryl methyl sites for hydroxylation is 2. The zero-order chi connectivity index (χ0) is 16.6. The number of hydrogen-bond acceptors (Lipinski definition) is 3. The number of nitrogens with one attached hydrogen (secondary N) is 1. The van der Waals surface area contributed by atoms with Crippen molar-refractivity contribution < 1.29 is 9.59 Å². The Hall–Kier alpha value is -2.73. The third kappa shape index (κ3) is 2.80. The van der Waals surface area contributed by atoms with Gasteiger partial charge in [0.25, 0.3) is 11.8 Å². The van der Waals surface area contributed by atoms with E-state index in [0.717, 1.165) is 11.3 Å². The van der Waals surface area contributed by atoms with Crippen LogP contribution >= 0.6 is 12.2 Å². The van der Waals surface area contributed by atoms with E-state index >= 15 is 0 Å². The highest BCUT2D eigenvalue weighted by atomic mass is 32.1. The van der Waals surface area contributed by atoms with Crippen LogP contribution in [0.4, 0.5) is 5.69 Å². The lowest BCUT2D eigenvalue weighted by Gasteiger charge is -2.29. The Morgan fingerprint density at radius 2 is 1.83 bits per heavy atom. The summed E-state index contributed by atoms with van der Waals surface area (Å²) in [5, 5.41) is 2.67. The van der Waals surface area contributed by atoms with Crippen LogP contribution in [0.5, 0.6) is 0 Å². The molecule has 0 unspecified atom stereocenters. The van der Waals surface area contributed by atoms with Gasteiger partial charge < -0.3 is 4.57 Å². The molecular weight excluding hydrogens is 310 g/mol. The van der Waals surface area contributed by atoms with Gasteiger partial charge in [0.2, 0.25) is 0 Å². The first-order valence-electron chi connectivity index (χ1n) is 7.07. The largest absolute Gasteiger partial charge is 0.351 e. The molecule has 6 heteroatoms. The molecule has 1 N–H and O–H groups in total. The van der Waals surface area contributed by atoms with E-state index in [4.69, 9.17) is 12.2 Å². The summed E-state index contributed by atoms with van der Waals surface area (Å²) in [5.41, 5.74) is 2.53. The predicted molar refractivity (Wildman–Crippen MR) is 92.8 cm³/mol. The third-order valence-corrected chi connectivity index (χ3v) is 3.95. The number of thiocarbonyl (C=S) groups is 1. The fraction of sp³-hybridized carbons (Fsp3) is 0.118. The minimum atomic E-state index is -0.482. The molecule has 116 valence electrons. The summed E-state index contributed by atoms with van der Waals surface area (Å²) in [6.07, 6.45) is 3.42. The number of hydrogen-bond donors (Lipinski definition) is 1. The molecule has 2 aromatic rings. The average molecular weight is 325 g/mol. The fourth-order valence-corrected chi connectivity index (χ4v) is 2.64. The number of carbonyl (C=O) groups excluding carboxylic acids is 2. The highest BCUT2D eigenvalue weighted by Gasteiger charge is 2.34. The number of aromatic nitrogens is 1. The Balaban J connectivity index is 2.02. The number of benzene rings is 1. The summed E-state index contributed by atoms with van der Waals surface area (Å²) >= 11 is 5.16. The predicted octanol–water partition coefficient (Wildman–Crippen LogP) is 2.16. The lowest BCUT2D eigenvalue weighted by Crippen LogP contribution is -2.54. The maximum Gasteiger partial charge on any atom is 0.270 e. The average Bonchev–Trinajstić information content (AvgIpc) is 2.90. The van der Waals surface area contributed by atoms with Gasteiger partial charge in [0.1, 0.15) is 5.57 Å². The zero-order valence-electron chi connectivity index (χ0n) is 12.7. The molecule has 1 aromatic carbocycles. The summed E-state index contributed by atoms with van der Waals surface area (Å²) in [7, 11) is 1.85. The first-order chi connectivity index (χ1) is 11.0. The van der Waals surface area contributed by atoms with Crippen molar-refractivity contribution in [2.75, 3.05) is 4.90 Å². The Morgan fingerprint density at radius 3 is 2.43 bits per heavy atom. The van der Waals surface area contributed by atoms with Crippen LogP contribution in [0.3, 0.4) is 0 Å². The van der Waals surface area contributed by atoms with Crippen LogP contribution in [0.25, 0.3) is 6.08 Å². The van der Waals surface area contributed by atoms with E-state index in [0.29, 0.717) is 5.69 Å². The number of rotatable bonds is 2. The first-order valence-corrected chi connectivity index (χ1v) is 7.47. The quantitative estimate of drug-likeness (QED) is 0.523. The van der Waals surface area contributed by atoms with E-state index in [1.165, 1.54) is 4.90 Å². The number of amides is 2. The van der Waals surface area contributed by atoms with E-state index < -0.39 is 11.8 Å². The van der Waals surface area contributed by atoms with Gasteiger partial charge in [0.15, 0.2) is 5.11 Å². The van der Waals surface area contributed by atoms with Gasteiger partial charge in [-0.2, -0.15) is 0 Å². The topological polar surface area (TPSA) is 54.3 Å². The monoisotopic (exact) mass is 325 g/mol. The molecular formula is C17H15N3O2S. The Bertz CT molecular complexity index is 834. The van der Waals surface area contributed by atoms with E-state index in [2.05, 4.69) is 5.32 Å². The maximum atomic E-state index is 12.8. The lowest BCUT2D eigenvalue weighted by atomic mass is 10.1. The van der Waals surface area contributed by atoms with Crippen LogP contribution < -0.4 is 10.2 Å². The van der Waals surface area contributed by atoms with Gasteiger partial charge in [-0.05, 0) is 49.5 Å². The highest BCUT2D eigenvalue weighted by molar-refractivity contribution is 7.80. The molecule has 5 nitrogen and oxygen atoms in total. The molecule has 1 aromatic heterocycles. The molecule has 23 heavy (non-hydrogen) atoms. The maximum absolute atomic E-state index is 12.8. The van der Waals surface area contributed by atoms with Gasteiger partial charge in [0.05, 0.1) is 5.69 Å². The van der Waals surface area contributed by atoms with E-state index in [1.807, 2.05) is 49.0 Å². The third-order valence-electron chi connectivity index (χ3n) is 3.67. The van der Waals surface area contributed by atoms with Crippen molar-refractivity contribution in [2.45, 2.75) is 6.92 Å². The smallest absolute Gasteiger partial charge is 0.270 e. The van der Waals surface area contributed by atoms with Crippen molar-refractivity contribution in [3.8, 4) is 0 Å². The summed E-state index contributed by atoms with van der Waals surface area (Å²) in [6, 6.07) is 11.1. The Morgan fingerprint density at radius 1 is 1.13 bits per heavy atom. The normalized spacial score (nSPS) is 16.9. The van der Waals surface area contributed by atoms with Gasteiger partial charge in [-0.25, -0.2) is 0 Å². The van der Waals surface area contributed by atoms with Crippen molar-refractivity contribution in [2.24, 2.45) is 7.05 Å². The number of anilines is 1. The molecule has 1 saturated heterocycles. The summed E-state index contributed by atoms with van der Waals surface area (Å²) in [5.74, 6) is -0.909. The van der Waals surface area contributed by atoms with Crippen LogP contribution in [-0.2, 0) is 16.6 Å². The highest BCUT2D eigenvalue weighted by Crippen LogP contribution is 2.22. The van der Waals surface area contributed by atoms with Gasteiger partial charge >= 0.3 is 0 Å². The lowest BCUT2D eigenvalue weighted by molar-refractivity contribution is -0.122. The molecule has 1 aliphatic heterocycles. The molecule has 3 rings (SSSR count). The SMILES string of the molecule is Cc1ccc(N2C(=O)/C(=C/c3cccn3C)C(=O)NC2=S)cc1. The first kappa shape index (κ1) is 15.2. The summed E-state index contributed by atoms with van der Waals surface area (Å²) in [6.45, 7) is 1.96. The Labute approximate surface area is 139 Å². The minimum absolute atomic E-state index is 0.0565. The number of nitrogens with zero attached hydrogens (tertiary/aromatic N) is 2. The second-order valence-corrected chi connectivity index (χ2v) is 5.72. The van der Waals surface area contributed by atoms with E-state index in [-0.39, 0.29) is 10.7 Å². The molecule has 1 fully saturated rings. The van der Waals surface area contributed by atoms with Crippen LogP contribution in [0.2, 0.25) is 0 Å². The van der Waals surface area contributed by atoms with Crippen molar-refractivity contribution in [3.63, 3.8) is 0 Å². The van der Waals surface area contributed by atoms with Crippen LogP contribution in [-0.4, -0.2) is 21.5 Å². The molecule has 1 aliphatic rings. The van der Waals surface area contributed by atoms with Crippen molar-refractivity contribution in [3.05, 3.63) is 59.4 Å². The molecule has 2 heterocycles. The summed E-state index contributed by atoms with van der Waals surface area (Å²) in [4.78, 5) is 26.3. The fourth-order valence-electron chi connectivity index (χ4n) is 2.36. The molecule has 0 radical (unpaired) electrons. The second-order valence-electron chi connectivity index (χ2n) is 5.34. The molecule has 0 atom stereocenters. The van der Waals surface area contributed by atoms with Crippen molar-refractivity contribution in [1.29, 1.82) is 0 Å². The number of carbonyl (C=O) groups is 2. The Kier molecular flexibility index (Phi) is 3.83. The van der Waals surface area contributed by atoms with Crippen LogP contribution in [0.1, 0.15) is 11.3 Å². The van der Waals surface area contributed by atoms with Crippen molar-refractivity contribution >= 4 is 40.9 Å². The molecule has 0 aliphatic carbocycles. The zero-order valence-corrected chi connectivity index (χ0v) is 13.6. The molecule has 2 amide bonds. The van der Waals surface area contributed by atoms with Gasteiger partial charge in [-0.1, -0.05) is 17.7 Å². The van der Waals surface area contributed by atoms with E-state index in [9.17, 15) is 9.59 Å². The summed E-state index contributed by atoms with van der Waals surface area (Å²) < 4.78 is 1.83. The van der Waals surface area contributed by atoms with Gasteiger partial charge in [0, 0.05) is 18.9 Å². The van der Waals surface area contributed by atoms with Gasteiger partial charge in [-0.3, -0.25) is 19.8 Å². The molecule has 0 saturated carbocycles. The second kappa shape index (κ2) is 5.81. The molecule has 0 bridgehead atoms. The van der Waals surface area contributed by atoms with Gasteiger partial charge in [-0.15, -0.1) is 0 Å². The van der Waals surface area contributed by atoms with Crippen LogP contribution in [0, 0.1) is 6.92 Å². The molecule has 0 spiro atoms.